The number of carbonyl (C=O) groups excluding carboxylic acids is 1. The molecule has 0 aliphatic carbocycles. The topological polar surface area (TPSA) is 86.5 Å². The molecule has 35 heavy (non-hydrogen) atoms. The summed E-state index contributed by atoms with van der Waals surface area (Å²) in [6.07, 6.45) is 1.30. The summed E-state index contributed by atoms with van der Waals surface area (Å²) in [5.41, 5.74) is 3.43. The molecule has 1 saturated heterocycles. The number of carbonyl (C=O) groups is 1. The molecule has 1 aromatic carbocycles. The van der Waals surface area contributed by atoms with Gasteiger partial charge in [-0.05, 0) is 76.8 Å². The summed E-state index contributed by atoms with van der Waals surface area (Å²) < 4.78 is 12.8. The summed E-state index contributed by atoms with van der Waals surface area (Å²) in [6.45, 7) is 10.7. The standard InChI is InChI=1S/C27H34N4O4/c1-16-13-17(2)22(21(14-16)34-7)20-11-10-19-23(28-20)29-24(30(6)25(19)32)18-9-8-12-31(15-18)26(33)35-27(3,4)5/h10-11,13-14,18H,8-9,12,15H2,1-7H3. The Bertz CT molecular complexity index is 1340. The van der Waals surface area contributed by atoms with Gasteiger partial charge in [0, 0.05) is 31.6 Å². The Hall–Kier alpha value is -3.42. The lowest BCUT2D eigenvalue weighted by Crippen LogP contribution is -2.43. The van der Waals surface area contributed by atoms with Crippen molar-refractivity contribution >= 4 is 17.1 Å². The number of benzene rings is 1. The molecule has 1 unspecified atom stereocenters. The van der Waals surface area contributed by atoms with E-state index in [0.717, 1.165) is 35.3 Å². The summed E-state index contributed by atoms with van der Waals surface area (Å²) in [4.78, 5) is 37.2. The number of amides is 1. The maximum atomic E-state index is 13.2. The second-order valence-corrected chi connectivity index (χ2v) is 10.3. The molecule has 2 aromatic heterocycles. The van der Waals surface area contributed by atoms with Crippen molar-refractivity contribution in [2.24, 2.45) is 7.05 Å². The van der Waals surface area contributed by atoms with Crippen LogP contribution in [0.5, 0.6) is 5.75 Å². The van der Waals surface area contributed by atoms with Crippen LogP contribution in [0, 0.1) is 13.8 Å². The molecule has 3 aromatic rings. The van der Waals surface area contributed by atoms with Gasteiger partial charge in [-0.1, -0.05) is 6.07 Å². The molecule has 0 saturated carbocycles. The fourth-order valence-electron chi connectivity index (χ4n) is 4.77. The van der Waals surface area contributed by atoms with E-state index < -0.39 is 5.60 Å². The third-order valence-electron chi connectivity index (χ3n) is 6.33. The summed E-state index contributed by atoms with van der Waals surface area (Å²) >= 11 is 0. The second-order valence-electron chi connectivity index (χ2n) is 10.3. The van der Waals surface area contributed by atoms with E-state index in [1.54, 1.807) is 29.7 Å². The number of aromatic nitrogens is 3. The minimum Gasteiger partial charge on any atom is -0.496 e. The zero-order valence-corrected chi connectivity index (χ0v) is 21.6. The summed E-state index contributed by atoms with van der Waals surface area (Å²) in [6, 6.07) is 7.68. The molecule has 8 heteroatoms. The Morgan fingerprint density at radius 3 is 2.57 bits per heavy atom. The van der Waals surface area contributed by atoms with Crippen molar-refractivity contribution in [2.75, 3.05) is 20.2 Å². The van der Waals surface area contributed by atoms with Gasteiger partial charge in [-0.15, -0.1) is 0 Å². The van der Waals surface area contributed by atoms with E-state index in [0.29, 0.717) is 35.6 Å². The van der Waals surface area contributed by atoms with Gasteiger partial charge in [-0.3, -0.25) is 9.36 Å². The molecule has 1 aliphatic rings. The molecule has 3 heterocycles. The first-order chi connectivity index (χ1) is 16.5. The van der Waals surface area contributed by atoms with Crippen LogP contribution >= 0.6 is 0 Å². The Balaban J connectivity index is 1.75. The molecule has 0 radical (unpaired) electrons. The second kappa shape index (κ2) is 9.32. The lowest BCUT2D eigenvalue weighted by molar-refractivity contribution is 0.0195. The number of hydrogen-bond donors (Lipinski definition) is 0. The average Bonchev–Trinajstić information content (AvgIpc) is 2.79. The first kappa shape index (κ1) is 24.7. The summed E-state index contributed by atoms with van der Waals surface area (Å²) in [5.74, 6) is 1.28. The zero-order valence-electron chi connectivity index (χ0n) is 21.6. The van der Waals surface area contributed by atoms with Crippen LogP contribution in [0.1, 0.15) is 56.5 Å². The maximum absolute atomic E-state index is 13.2. The minimum absolute atomic E-state index is 0.0838. The van der Waals surface area contributed by atoms with Crippen molar-refractivity contribution in [3.05, 3.63) is 51.6 Å². The molecular weight excluding hydrogens is 444 g/mol. The highest BCUT2D eigenvalue weighted by molar-refractivity contribution is 5.80. The van der Waals surface area contributed by atoms with Gasteiger partial charge in [0.15, 0.2) is 5.65 Å². The molecule has 0 N–H and O–H groups in total. The molecule has 8 nitrogen and oxygen atoms in total. The van der Waals surface area contributed by atoms with Gasteiger partial charge < -0.3 is 14.4 Å². The molecule has 1 atom stereocenters. The van der Waals surface area contributed by atoms with Gasteiger partial charge in [0.1, 0.15) is 17.2 Å². The van der Waals surface area contributed by atoms with E-state index in [1.165, 1.54) is 0 Å². The molecule has 186 valence electrons. The Morgan fingerprint density at radius 1 is 1.14 bits per heavy atom. The number of ether oxygens (including phenoxy) is 2. The van der Waals surface area contributed by atoms with Gasteiger partial charge in [-0.2, -0.15) is 0 Å². The Kier molecular flexibility index (Phi) is 6.58. The van der Waals surface area contributed by atoms with Crippen LogP contribution in [-0.4, -0.2) is 51.3 Å². The van der Waals surface area contributed by atoms with Crippen LogP contribution in [0.2, 0.25) is 0 Å². The highest BCUT2D eigenvalue weighted by Crippen LogP contribution is 2.34. The Labute approximate surface area is 205 Å². The molecule has 0 bridgehead atoms. The fraction of sp³-hybridized carbons (Fsp3) is 0.481. The van der Waals surface area contributed by atoms with Crippen molar-refractivity contribution in [2.45, 2.75) is 59.0 Å². The lowest BCUT2D eigenvalue weighted by atomic mass is 9.97. The van der Waals surface area contributed by atoms with E-state index in [1.807, 2.05) is 46.8 Å². The van der Waals surface area contributed by atoms with Crippen LogP contribution in [0.4, 0.5) is 4.79 Å². The predicted octanol–water partition coefficient (Wildman–Crippen LogP) is 4.74. The molecule has 1 amide bonds. The number of piperidine rings is 1. The van der Waals surface area contributed by atoms with Crippen molar-refractivity contribution in [3.8, 4) is 17.0 Å². The van der Waals surface area contributed by atoms with E-state index >= 15 is 0 Å². The van der Waals surface area contributed by atoms with Crippen molar-refractivity contribution in [1.29, 1.82) is 0 Å². The summed E-state index contributed by atoms with van der Waals surface area (Å²) in [7, 11) is 3.38. The predicted molar refractivity (Wildman–Crippen MR) is 136 cm³/mol. The van der Waals surface area contributed by atoms with E-state index in [9.17, 15) is 9.59 Å². The van der Waals surface area contributed by atoms with E-state index in [2.05, 4.69) is 6.07 Å². The fourth-order valence-corrected chi connectivity index (χ4v) is 4.77. The number of rotatable bonds is 3. The molecule has 1 fully saturated rings. The lowest BCUT2D eigenvalue weighted by Gasteiger charge is -2.34. The van der Waals surface area contributed by atoms with Crippen molar-refractivity contribution in [1.82, 2.24) is 19.4 Å². The van der Waals surface area contributed by atoms with E-state index in [4.69, 9.17) is 19.4 Å². The summed E-state index contributed by atoms with van der Waals surface area (Å²) in [5, 5.41) is 0.462. The minimum atomic E-state index is -0.562. The first-order valence-corrected chi connectivity index (χ1v) is 12.0. The number of nitrogens with zero attached hydrogens (tertiary/aromatic N) is 4. The van der Waals surface area contributed by atoms with Crippen molar-refractivity contribution < 1.29 is 14.3 Å². The monoisotopic (exact) mass is 478 g/mol. The number of hydrogen-bond acceptors (Lipinski definition) is 6. The van der Waals surface area contributed by atoms with Crippen LogP contribution < -0.4 is 10.3 Å². The van der Waals surface area contributed by atoms with Crippen molar-refractivity contribution in [3.63, 3.8) is 0 Å². The first-order valence-electron chi connectivity index (χ1n) is 12.0. The highest BCUT2D eigenvalue weighted by Gasteiger charge is 2.30. The van der Waals surface area contributed by atoms with Crippen LogP contribution in [0.3, 0.4) is 0 Å². The van der Waals surface area contributed by atoms with Gasteiger partial charge in [0.25, 0.3) is 5.56 Å². The highest BCUT2D eigenvalue weighted by atomic mass is 16.6. The number of pyridine rings is 1. The SMILES string of the molecule is COc1cc(C)cc(C)c1-c1ccc2c(=O)n(C)c(C3CCCN(C(=O)OC(C)(C)C)C3)nc2n1. The van der Waals surface area contributed by atoms with E-state index in [-0.39, 0.29) is 17.6 Å². The maximum Gasteiger partial charge on any atom is 0.410 e. The zero-order chi connectivity index (χ0) is 25.5. The van der Waals surface area contributed by atoms with Crippen LogP contribution in [-0.2, 0) is 11.8 Å². The van der Waals surface area contributed by atoms with Gasteiger partial charge in [0.2, 0.25) is 0 Å². The van der Waals surface area contributed by atoms with Crippen LogP contribution in [0.15, 0.2) is 29.1 Å². The quantitative estimate of drug-likeness (QED) is 0.541. The third kappa shape index (κ3) is 5.01. The molecule has 4 rings (SSSR count). The van der Waals surface area contributed by atoms with Crippen LogP contribution in [0.25, 0.3) is 22.3 Å². The number of likely N-dealkylation sites (tertiary alicyclic amines) is 1. The van der Waals surface area contributed by atoms with Gasteiger partial charge in [0.05, 0.1) is 18.2 Å². The normalized spacial score (nSPS) is 16.4. The van der Waals surface area contributed by atoms with Gasteiger partial charge >= 0.3 is 6.09 Å². The smallest absolute Gasteiger partial charge is 0.410 e. The largest absolute Gasteiger partial charge is 0.496 e. The average molecular weight is 479 g/mol. The number of methoxy groups -OCH3 is 1. The van der Waals surface area contributed by atoms with Gasteiger partial charge in [-0.25, -0.2) is 14.8 Å². The number of fused-ring (bicyclic) bond motifs is 1. The molecule has 0 spiro atoms. The number of aryl methyl sites for hydroxylation is 2. The molecule has 1 aliphatic heterocycles. The third-order valence-corrected chi connectivity index (χ3v) is 6.33. The molecular formula is C27H34N4O4. The Morgan fingerprint density at radius 2 is 1.89 bits per heavy atom.